The van der Waals surface area contributed by atoms with Crippen LogP contribution in [0.1, 0.15) is 16.1 Å². The molecular weight excluding hydrogens is 406 g/mol. The Kier molecular flexibility index (Phi) is 5.04. The molecule has 0 spiro atoms. The zero-order valence-corrected chi connectivity index (χ0v) is 17.2. The number of pyridine rings is 2. The van der Waals surface area contributed by atoms with E-state index in [0.717, 1.165) is 27.6 Å². The molecule has 0 fully saturated rings. The monoisotopic (exact) mass is 425 g/mol. The van der Waals surface area contributed by atoms with E-state index in [0.29, 0.717) is 23.8 Å². The third-order valence-corrected chi connectivity index (χ3v) is 5.02. The molecule has 0 saturated heterocycles. The number of ether oxygens (including phenoxy) is 1. The number of anilines is 1. The van der Waals surface area contributed by atoms with Crippen LogP contribution >= 0.6 is 0 Å². The number of hydrogen-bond acceptors (Lipinski definition) is 6. The number of amides is 1. The Morgan fingerprint density at radius 1 is 1.12 bits per heavy atom. The van der Waals surface area contributed by atoms with E-state index in [1.165, 1.54) is 0 Å². The Hall–Kier alpha value is -4.53. The highest BCUT2D eigenvalue weighted by Gasteiger charge is 2.16. The molecule has 1 aromatic carbocycles. The highest BCUT2D eigenvalue weighted by Crippen LogP contribution is 2.26. The number of aromatic nitrogens is 6. The number of hydrogen-bond donors (Lipinski definition) is 2. The van der Waals surface area contributed by atoms with Crippen molar-refractivity contribution in [1.82, 2.24) is 29.9 Å². The SMILES string of the molecule is COc1ccc(-c2ccc3c(C(=O)Nc4cnn(Cc5cccnc5)c4)n[nH]c3c2)cn1. The number of nitrogens with zero attached hydrogens (tertiary/aromatic N) is 5. The standard InChI is InChI=1S/C23H19N7O2/c1-32-21-7-5-17(11-25-21)16-4-6-19-20(9-16)28-29-22(19)23(31)27-18-12-26-30(14-18)13-15-3-2-8-24-10-15/h2-12,14H,13H2,1H3,(H,27,31)(H,28,29). The highest BCUT2D eigenvalue weighted by molar-refractivity contribution is 6.11. The fraction of sp³-hybridized carbons (Fsp3) is 0.0870. The Bertz CT molecular complexity index is 1370. The van der Waals surface area contributed by atoms with Crippen molar-refractivity contribution in [2.24, 2.45) is 0 Å². The maximum Gasteiger partial charge on any atom is 0.276 e. The van der Waals surface area contributed by atoms with Gasteiger partial charge < -0.3 is 10.1 Å². The van der Waals surface area contributed by atoms with E-state index in [4.69, 9.17) is 4.74 Å². The summed E-state index contributed by atoms with van der Waals surface area (Å²) in [5.41, 5.74) is 4.59. The second kappa shape index (κ2) is 8.31. The van der Waals surface area contributed by atoms with E-state index in [2.05, 4.69) is 30.6 Å². The third-order valence-electron chi connectivity index (χ3n) is 5.02. The van der Waals surface area contributed by atoms with Crippen LogP contribution in [-0.4, -0.2) is 43.0 Å². The van der Waals surface area contributed by atoms with Gasteiger partial charge >= 0.3 is 0 Å². The van der Waals surface area contributed by atoms with Crippen LogP contribution in [0, 0.1) is 0 Å². The molecular formula is C23H19N7O2. The second-order valence-corrected chi connectivity index (χ2v) is 7.16. The minimum absolute atomic E-state index is 0.309. The zero-order chi connectivity index (χ0) is 21.9. The summed E-state index contributed by atoms with van der Waals surface area (Å²) >= 11 is 0. The van der Waals surface area contributed by atoms with Crippen LogP contribution in [0.3, 0.4) is 0 Å². The van der Waals surface area contributed by atoms with Gasteiger partial charge in [-0.15, -0.1) is 0 Å². The summed E-state index contributed by atoms with van der Waals surface area (Å²) in [5, 5.41) is 15.0. The molecule has 0 saturated carbocycles. The lowest BCUT2D eigenvalue weighted by Crippen LogP contribution is -2.12. The average molecular weight is 425 g/mol. The number of H-pyrrole nitrogens is 1. The summed E-state index contributed by atoms with van der Waals surface area (Å²) in [6.45, 7) is 0.568. The van der Waals surface area contributed by atoms with E-state index in [-0.39, 0.29) is 5.91 Å². The third kappa shape index (κ3) is 3.91. The van der Waals surface area contributed by atoms with Gasteiger partial charge in [-0.2, -0.15) is 10.2 Å². The molecule has 0 atom stereocenters. The molecule has 1 amide bonds. The van der Waals surface area contributed by atoms with E-state index in [1.807, 2.05) is 36.4 Å². The molecule has 9 heteroatoms. The summed E-state index contributed by atoms with van der Waals surface area (Å²) < 4.78 is 6.84. The van der Waals surface area contributed by atoms with Crippen molar-refractivity contribution >= 4 is 22.5 Å². The minimum Gasteiger partial charge on any atom is -0.481 e. The van der Waals surface area contributed by atoms with Crippen molar-refractivity contribution in [3.63, 3.8) is 0 Å². The van der Waals surface area contributed by atoms with Gasteiger partial charge in [-0.1, -0.05) is 12.1 Å². The predicted molar refractivity (Wildman–Crippen MR) is 119 cm³/mol. The number of methoxy groups -OCH3 is 1. The number of benzene rings is 1. The highest BCUT2D eigenvalue weighted by atomic mass is 16.5. The Balaban J connectivity index is 1.33. The lowest BCUT2D eigenvalue weighted by Gasteiger charge is -2.04. The van der Waals surface area contributed by atoms with Gasteiger partial charge in [0.05, 0.1) is 31.1 Å². The second-order valence-electron chi connectivity index (χ2n) is 7.16. The van der Waals surface area contributed by atoms with Gasteiger partial charge in [0.15, 0.2) is 5.69 Å². The summed E-state index contributed by atoms with van der Waals surface area (Å²) in [5.74, 6) is 0.245. The molecule has 0 radical (unpaired) electrons. The lowest BCUT2D eigenvalue weighted by molar-refractivity contribution is 0.102. The maximum atomic E-state index is 12.8. The largest absolute Gasteiger partial charge is 0.481 e. The van der Waals surface area contributed by atoms with Gasteiger partial charge in [0, 0.05) is 41.8 Å². The smallest absolute Gasteiger partial charge is 0.276 e. The molecule has 9 nitrogen and oxygen atoms in total. The number of aromatic amines is 1. The fourth-order valence-corrected chi connectivity index (χ4v) is 3.43. The normalized spacial score (nSPS) is 10.9. The van der Waals surface area contributed by atoms with Crippen molar-refractivity contribution in [1.29, 1.82) is 0 Å². The van der Waals surface area contributed by atoms with Crippen LogP contribution in [-0.2, 0) is 6.54 Å². The zero-order valence-electron chi connectivity index (χ0n) is 17.2. The molecule has 0 aliphatic heterocycles. The summed E-state index contributed by atoms with van der Waals surface area (Å²) in [4.78, 5) is 21.2. The molecule has 4 heterocycles. The number of carbonyl (C=O) groups excluding carboxylic acids is 1. The van der Waals surface area contributed by atoms with Gasteiger partial charge in [0.25, 0.3) is 5.91 Å². The number of rotatable bonds is 6. The molecule has 32 heavy (non-hydrogen) atoms. The quantitative estimate of drug-likeness (QED) is 0.431. The van der Waals surface area contributed by atoms with E-state index >= 15 is 0 Å². The van der Waals surface area contributed by atoms with Gasteiger partial charge in [-0.05, 0) is 35.4 Å². The van der Waals surface area contributed by atoms with Crippen LogP contribution in [0.15, 0.2) is 73.4 Å². The fourth-order valence-electron chi connectivity index (χ4n) is 3.43. The van der Waals surface area contributed by atoms with Crippen LogP contribution in [0.4, 0.5) is 5.69 Å². The molecule has 4 aromatic heterocycles. The first-order valence-electron chi connectivity index (χ1n) is 9.91. The van der Waals surface area contributed by atoms with E-state index < -0.39 is 0 Å². The summed E-state index contributed by atoms with van der Waals surface area (Å²) in [7, 11) is 1.58. The summed E-state index contributed by atoms with van der Waals surface area (Å²) in [6.07, 6.45) is 8.63. The van der Waals surface area contributed by atoms with Crippen LogP contribution in [0.5, 0.6) is 5.88 Å². The van der Waals surface area contributed by atoms with Crippen molar-refractivity contribution in [2.45, 2.75) is 6.54 Å². The Morgan fingerprint density at radius 2 is 2.03 bits per heavy atom. The van der Waals surface area contributed by atoms with Crippen molar-refractivity contribution in [3.05, 3.63) is 84.7 Å². The number of nitrogens with one attached hydrogen (secondary N) is 2. The van der Waals surface area contributed by atoms with Gasteiger partial charge in [-0.3, -0.25) is 19.6 Å². The van der Waals surface area contributed by atoms with Gasteiger partial charge in [-0.25, -0.2) is 4.98 Å². The molecule has 158 valence electrons. The molecule has 0 aliphatic rings. The molecule has 0 unspecified atom stereocenters. The number of fused-ring (bicyclic) bond motifs is 1. The molecule has 5 aromatic rings. The first kappa shape index (κ1) is 19.4. The summed E-state index contributed by atoms with van der Waals surface area (Å²) in [6, 6.07) is 13.3. The number of carbonyl (C=O) groups is 1. The van der Waals surface area contributed by atoms with Crippen LogP contribution < -0.4 is 10.1 Å². The minimum atomic E-state index is -0.309. The van der Waals surface area contributed by atoms with Crippen molar-refractivity contribution in [2.75, 3.05) is 12.4 Å². The molecule has 2 N–H and O–H groups in total. The average Bonchev–Trinajstić information content (AvgIpc) is 3.46. The van der Waals surface area contributed by atoms with E-state index in [9.17, 15) is 4.79 Å². The van der Waals surface area contributed by atoms with Crippen LogP contribution in [0.2, 0.25) is 0 Å². The first-order valence-corrected chi connectivity index (χ1v) is 9.91. The van der Waals surface area contributed by atoms with Crippen molar-refractivity contribution in [3.8, 4) is 17.0 Å². The van der Waals surface area contributed by atoms with Crippen molar-refractivity contribution < 1.29 is 9.53 Å². The topological polar surface area (TPSA) is 111 Å². The molecule has 0 bridgehead atoms. The lowest BCUT2D eigenvalue weighted by atomic mass is 10.1. The van der Waals surface area contributed by atoms with E-state index in [1.54, 1.807) is 48.8 Å². The predicted octanol–water partition coefficient (Wildman–Crippen LogP) is 3.53. The Labute approximate surface area is 183 Å². The molecule has 0 aliphatic carbocycles. The Morgan fingerprint density at radius 3 is 2.81 bits per heavy atom. The maximum absolute atomic E-state index is 12.8. The molecule has 5 rings (SSSR count). The van der Waals surface area contributed by atoms with Gasteiger partial charge in [0.2, 0.25) is 5.88 Å². The van der Waals surface area contributed by atoms with Crippen LogP contribution in [0.25, 0.3) is 22.0 Å². The van der Waals surface area contributed by atoms with Gasteiger partial charge in [0.1, 0.15) is 0 Å². The first-order chi connectivity index (χ1) is 15.7.